The molecule has 0 aliphatic carbocycles. The van der Waals surface area contributed by atoms with Crippen molar-refractivity contribution in [3.05, 3.63) is 35.6 Å². The summed E-state index contributed by atoms with van der Waals surface area (Å²) in [6.45, 7) is 5.39. The highest BCUT2D eigenvalue weighted by atomic mass is 16.5. The topological polar surface area (TPSA) is 46.5 Å². The summed E-state index contributed by atoms with van der Waals surface area (Å²) in [4.78, 5) is 10.2. The average molecular weight is 196 g/mol. The standard InChI is InChI=1S/C11H16O3/c1-4-9(3)6-7-10(5-2)14-8-11(12)13/h4-7H,8H2,1-3H3,(H,12,13)/b7-6-,9-4-,10-5+. The van der Waals surface area contributed by atoms with Gasteiger partial charge in [-0.15, -0.1) is 0 Å². The molecule has 14 heavy (non-hydrogen) atoms. The van der Waals surface area contributed by atoms with Gasteiger partial charge in [0, 0.05) is 0 Å². The first-order valence-electron chi connectivity index (χ1n) is 4.42. The lowest BCUT2D eigenvalue weighted by molar-refractivity contribution is -0.140. The highest BCUT2D eigenvalue weighted by Crippen LogP contribution is 2.02. The molecule has 0 aliphatic rings. The predicted octanol–water partition coefficient (Wildman–Crippen LogP) is 2.51. The first kappa shape index (κ1) is 12.5. The second kappa shape index (κ2) is 6.95. The van der Waals surface area contributed by atoms with Crippen LogP contribution in [0.15, 0.2) is 35.6 Å². The number of hydrogen-bond donors (Lipinski definition) is 1. The molecule has 0 saturated heterocycles. The zero-order valence-corrected chi connectivity index (χ0v) is 8.78. The molecule has 3 nitrogen and oxygen atoms in total. The molecule has 0 aromatic carbocycles. The van der Waals surface area contributed by atoms with Crippen LogP contribution in [0.4, 0.5) is 0 Å². The molecule has 0 rings (SSSR count). The van der Waals surface area contributed by atoms with Crippen molar-refractivity contribution >= 4 is 5.97 Å². The maximum atomic E-state index is 10.2. The van der Waals surface area contributed by atoms with Crippen LogP contribution in [0.1, 0.15) is 20.8 Å². The third kappa shape index (κ3) is 6.06. The number of carboxylic acid groups (broad SMARTS) is 1. The minimum atomic E-state index is -0.972. The van der Waals surface area contributed by atoms with Crippen molar-refractivity contribution < 1.29 is 14.6 Å². The Kier molecular flexibility index (Phi) is 6.20. The SMILES string of the molecule is C\C=C(C)/C=C\C(=C/C)OCC(=O)O. The molecule has 0 bridgehead atoms. The first-order chi connectivity index (χ1) is 6.60. The van der Waals surface area contributed by atoms with E-state index < -0.39 is 5.97 Å². The van der Waals surface area contributed by atoms with E-state index in [1.165, 1.54) is 0 Å². The minimum absolute atomic E-state index is 0.307. The molecule has 0 fully saturated rings. The van der Waals surface area contributed by atoms with Crippen molar-refractivity contribution in [3.63, 3.8) is 0 Å². The van der Waals surface area contributed by atoms with Gasteiger partial charge >= 0.3 is 5.97 Å². The van der Waals surface area contributed by atoms with Crippen molar-refractivity contribution in [1.82, 2.24) is 0 Å². The van der Waals surface area contributed by atoms with Gasteiger partial charge in [-0.05, 0) is 32.9 Å². The van der Waals surface area contributed by atoms with Crippen LogP contribution in [0.25, 0.3) is 0 Å². The Morgan fingerprint density at radius 3 is 2.36 bits per heavy atom. The van der Waals surface area contributed by atoms with Crippen LogP contribution in [-0.4, -0.2) is 17.7 Å². The van der Waals surface area contributed by atoms with Crippen molar-refractivity contribution in [2.75, 3.05) is 6.61 Å². The Labute approximate surface area is 84.4 Å². The van der Waals surface area contributed by atoms with Gasteiger partial charge < -0.3 is 9.84 Å². The Morgan fingerprint density at radius 1 is 1.29 bits per heavy atom. The number of allylic oxidation sites excluding steroid dienone is 5. The fourth-order valence-corrected chi connectivity index (χ4v) is 0.683. The van der Waals surface area contributed by atoms with E-state index >= 15 is 0 Å². The Balaban J connectivity index is 4.18. The molecule has 0 unspecified atom stereocenters. The molecule has 0 heterocycles. The molecule has 0 aromatic rings. The third-order valence-corrected chi connectivity index (χ3v) is 1.61. The van der Waals surface area contributed by atoms with Crippen LogP contribution in [0.3, 0.4) is 0 Å². The van der Waals surface area contributed by atoms with E-state index in [2.05, 4.69) is 0 Å². The third-order valence-electron chi connectivity index (χ3n) is 1.61. The molecule has 1 N–H and O–H groups in total. The van der Waals surface area contributed by atoms with E-state index in [1.54, 1.807) is 19.1 Å². The second-order valence-electron chi connectivity index (χ2n) is 2.74. The number of carboxylic acids is 1. The smallest absolute Gasteiger partial charge is 0.341 e. The largest absolute Gasteiger partial charge is 0.482 e. The second-order valence-corrected chi connectivity index (χ2v) is 2.74. The van der Waals surface area contributed by atoms with Crippen LogP contribution in [0.5, 0.6) is 0 Å². The van der Waals surface area contributed by atoms with Gasteiger partial charge in [0.25, 0.3) is 0 Å². The van der Waals surface area contributed by atoms with Crippen LogP contribution >= 0.6 is 0 Å². The summed E-state index contributed by atoms with van der Waals surface area (Å²) in [5, 5.41) is 8.39. The lowest BCUT2D eigenvalue weighted by Crippen LogP contribution is -2.05. The van der Waals surface area contributed by atoms with Gasteiger partial charge in [-0.3, -0.25) is 0 Å². The normalized spacial score (nSPS) is 13.4. The summed E-state index contributed by atoms with van der Waals surface area (Å²) < 4.78 is 5.00. The van der Waals surface area contributed by atoms with E-state index in [0.717, 1.165) is 5.57 Å². The molecule has 0 atom stereocenters. The van der Waals surface area contributed by atoms with E-state index in [0.29, 0.717) is 5.76 Å². The van der Waals surface area contributed by atoms with Gasteiger partial charge in [0.15, 0.2) is 6.61 Å². The zero-order chi connectivity index (χ0) is 11.0. The first-order valence-corrected chi connectivity index (χ1v) is 4.42. The van der Waals surface area contributed by atoms with E-state index in [9.17, 15) is 4.79 Å². The highest BCUT2D eigenvalue weighted by Gasteiger charge is 1.97. The molecule has 0 radical (unpaired) electrons. The van der Waals surface area contributed by atoms with Gasteiger partial charge in [0.2, 0.25) is 0 Å². The summed E-state index contributed by atoms with van der Waals surface area (Å²) in [7, 11) is 0. The van der Waals surface area contributed by atoms with Crippen LogP contribution < -0.4 is 0 Å². The van der Waals surface area contributed by atoms with Crippen molar-refractivity contribution in [2.24, 2.45) is 0 Å². The summed E-state index contributed by atoms with van der Waals surface area (Å²) in [5.74, 6) is -0.408. The fourth-order valence-electron chi connectivity index (χ4n) is 0.683. The quantitative estimate of drug-likeness (QED) is 0.543. The number of aliphatic carboxylic acids is 1. The molecule has 0 aliphatic heterocycles. The lowest BCUT2D eigenvalue weighted by atomic mass is 10.2. The number of ether oxygens (including phenoxy) is 1. The highest BCUT2D eigenvalue weighted by molar-refractivity contribution is 5.68. The van der Waals surface area contributed by atoms with Crippen LogP contribution in [-0.2, 0) is 9.53 Å². The van der Waals surface area contributed by atoms with Gasteiger partial charge in [-0.25, -0.2) is 4.79 Å². The molecule has 3 heteroatoms. The maximum Gasteiger partial charge on any atom is 0.341 e. The number of rotatable bonds is 5. The van der Waals surface area contributed by atoms with Gasteiger partial charge in [-0.1, -0.05) is 17.7 Å². The summed E-state index contributed by atoms with van der Waals surface area (Å²) in [6, 6.07) is 0. The number of carbonyl (C=O) groups is 1. The Morgan fingerprint density at radius 2 is 1.93 bits per heavy atom. The van der Waals surface area contributed by atoms with Crippen LogP contribution in [0, 0.1) is 0 Å². The molecular weight excluding hydrogens is 180 g/mol. The molecule has 0 aromatic heterocycles. The molecule has 0 amide bonds. The molecule has 0 spiro atoms. The minimum Gasteiger partial charge on any atom is -0.482 e. The monoisotopic (exact) mass is 196 g/mol. The van der Waals surface area contributed by atoms with Crippen molar-refractivity contribution in [1.29, 1.82) is 0 Å². The van der Waals surface area contributed by atoms with Gasteiger partial charge in [0.05, 0.1) is 0 Å². The van der Waals surface area contributed by atoms with E-state index in [4.69, 9.17) is 9.84 Å². The van der Waals surface area contributed by atoms with Crippen LogP contribution in [0.2, 0.25) is 0 Å². The predicted molar refractivity (Wildman–Crippen MR) is 55.9 cm³/mol. The summed E-state index contributed by atoms with van der Waals surface area (Å²) in [6.07, 6.45) is 7.30. The Hall–Kier alpha value is -1.51. The zero-order valence-electron chi connectivity index (χ0n) is 8.78. The summed E-state index contributed by atoms with van der Waals surface area (Å²) in [5.41, 5.74) is 1.10. The Bertz CT molecular complexity index is 272. The van der Waals surface area contributed by atoms with Gasteiger partial charge in [0.1, 0.15) is 5.76 Å². The fraction of sp³-hybridized carbons (Fsp3) is 0.364. The maximum absolute atomic E-state index is 10.2. The van der Waals surface area contributed by atoms with Gasteiger partial charge in [-0.2, -0.15) is 0 Å². The van der Waals surface area contributed by atoms with E-state index in [-0.39, 0.29) is 6.61 Å². The molecule has 78 valence electrons. The van der Waals surface area contributed by atoms with E-state index in [1.807, 2.05) is 26.0 Å². The van der Waals surface area contributed by atoms with Crippen molar-refractivity contribution in [3.8, 4) is 0 Å². The molecule has 0 saturated carbocycles. The molecular formula is C11H16O3. The van der Waals surface area contributed by atoms with Crippen molar-refractivity contribution in [2.45, 2.75) is 20.8 Å². The average Bonchev–Trinajstić information content (AvgIpc) is 2.17. The summed E-state index contributed by atoms with van der Waals surface area (Å²) >= 11 is 0. The lowest BCUT2D eigenvalue weighted by Gasteiger charge is -2.02. The number of hydrogen-bond acceptors (Lipinski definition) is 2.